The van der Waals surface area contributed by atoms with Crippen LogP contribution in [0.25, 0.3) is 10.9 Å². The second kappa shape index (κ2) is 8.44. The summed E-state index contributed by atoms with van der Waals surface area (Å²) in [5.41, 5.74) is 1.36. The minimum atomic E-state index is -0.475. The Balaban J connectivity index is 1.53. The Morgan fingerprint density at radius 1 is 1.28 bits per heavy atom. The SMILES string of the molecule is CC(Cn1cncn1)C(=O)NC1(C#Cc2cnc3ccccc3c2)CCCCC1. The zero-order valence-electron chi connectivity index (χ0n) is 16.6. The molecule has 0 radical (unpaired) electrons. The number of nitrogens with one attached hydrogen (secondary N) is 1. The van der Waals surface area contributed by atoms with Gasteiger partial charge in [-0.05, 0) is 25.0 Å². The number of carbonyl (C=O) groups is 1. The predicted octanol–water partition coefficient (Wildman–Crippen LogP) is 3.33. The van der Waals surface area contributed by atoms with Crippen molar-refractivity contribution in [3.8, 4) is 11.8 Å². The highest BCUT2D eigenvalue weighted by Gasteiger charge is 2.33. The van der Waals surface area contributed by atoms with Gasteiger partial charge >= 0.3 is 0 Å². The third kappa shape index (κ3) is 4.62. The molecule has 148 valence electrons. The molecule has 1 N–H and O–H groups in total. The van der Waals surface area contributed by atoms with Crippen molar-refractivity contribution < 1.29 is 4.79 Å². The van der Waals surface area contributed by atoms with Crippen LogP contribution in [0.4, 0.5) is 0 Å². The summed E-state index contributed by atoms with van der Waals surface area (Å²) in [5, 5.41) is 8.42. The second-order valence-electron chi connectivity index (χ2n) is 7.82. The molecule has 1 aliphatic rings. The third-order valence-corrected chi connectivity index (χ3v) is 5.48. The van der Waals surface area contributed by atoms with Gasteiger partial charge in [0, 0.05) is 17.1 Å². The molecule has 2 heterocycles. The molecule has 2 aromatic heterocycles. The maximum Gasteiger partial charge on any atom is 0.225 e. The van der Waals surface area contributed by atoms with Gasteiger partial charge in [-0.25, -0.2) is 4.98 Å². The third-order valence-electron chi connectivity index (χ3n) is 5.48. The largest absolute Gasteiger partial charge is 0.339 e. The average molecular weight is 387 g/mol. The zero-order chi connectivity index (χ0) is 20.1. The summed E-state index contributed by atoms with van der Waals surface area (Å²) in [6.07, 6.45) is 10.0. The number of hydrogen-bond donors (Lipinski definition) is 1. The molecule has 0 saturated heterocycles. The van der Waals surface area contributed by atoms with Gasteiger partial charge in [0.2, 0.25) is 5.91 Å². The van der Waals surface area contributed by atoms with E-state index in [1.807, 2.05) is 31.2 Å². The van der Waals surface area contributed by atoms with Crippen LogP contribution in [0.1, 0.15) is 44.6 Å². The first-order chi connectivity index (χ1) is 14.1. The van der Waals surface area contributed by atoms with Crippen LogP contribution in [0.15, 0.2) is 49.2 Å². The van der Waals surface area contributed by atoms with Crippen molar-refractivity contribution in [2.45, 2.75) is 51.1 Å². The molecule has 6 heteroatoms. The Hall–Kier alpha value is -3.20. The lowest BCUT2D eigenvalue weighted by atomic mass is 9.81. The van der Waals surface area contributed by atoms with Crippen molar-refractivity contribution in [3.63, 3.8) is 0 Å². The molecule has 1 atom stereocenters. The predicted molar refractivity (Wildman–Crippen MR) is 112 cm³/mol. The Morgan fingerprint density at radius 3 is 2.90 bits per heavy atom. The van der Waals surface area contributed by atoms with Crippen LogP contribution in [0, 0.1) is 17.8 Å². The monoisotopic (exact) mass is 387 g/mol. The molecule has 1 aliphatic carbocycles. The van der Waals surface area contributed by atoms with E-state index in [9.17, 15) is 4.79 Å². The lowest BCUT2D eigenvalue weighted by Crippen LogP contribution is -2.50. The van der Waals surface area contributed by atoms with Crippen molar-refractivity contribution in [2.75, 3.05) is 0 Å². The van der Waals surface area contributed by atoms with Crippen LogP contribution in [-0.4, -0.2) is 31.2 Å². The van der Waals surface area contributed by atoms with Crippen LogP contribution >= 0.6 is 0 Å². The standard InChI is InChI=1S/C23H25N5O/c1-18(15-28-17-24-16-26-28)22(29)27-23(10-5-2-6-11-23)12-9-19-13-20-7-3-4-8-21(20)25-14-19/h3-4,7-8,13-14,16-18H,2,5-6,10-11,15H2,1H3,(H,27,29). The number of rotatable bonds is 4. The smallest absolute Gasteiger partial charge is 0.225 e. The summed E-state index contributed by atoms with van der Waals surface area (Å²) in [7, 11) is 0. The van der Waals surface area contributed by atoms with Crippen LogP contribution in [0.3, 0.4) is 0 Å². The summed E-state index contributed by atoms with van der Waals surface area (Å²) in [5.74, 6) is 6.49. The normalized spacial score (nSPS) is 16.6. The number of aromatic nitrogens is 4. The lowest BCUT2D eigenvalue weighted by Gasteiger charge is -2.34. The van der Waals surface area contributed by atoms with E-state index in [2.05, 4.69) is 38.3 Å². The van der Waals surface area contributed by atoms with Gasteiger partial charge in [0.05, 0.1) is 18.0 Å². The van der Waals surface area contributed by atoms with Crippen LogP contribution in [-0.2, 0) is 11.3 Å². The number of hydrogen-bond acceptors (Lipinski definition) is 4. The number of para-hydroxylation sites is 1. The van der Waals surface area contributed by atoms with E-state index in [0.717, 1.165) is 42.1 Å². The number of fused-ring (bicyclic) bond motifs is 1. The fourth-order valence-corrected chi connectivity index (χ4v) is 3.82. The van der Waals surface area contributed by atoms with Crippen molar-refractivity contribution in [1.29, 1.82) is 0 Å². The van der Waals surface area contributed by atoms with E-state index in [4.69, 9.17) is 0 Å². The molecule has 4 rings (SSSR count). The molecule has 1 amide bonds. The van der Waals surface area contributed by atoms with Gasteiger partial charge in [-0.2, -0.15) is 5.10 Å². The van der Waals surface area contributed by atoms with Crippen LogP contribution in [0.2, 0.25) is 0 Å². The fourth-order valence-electron chi connectivity index (χ4n) is 3.82. The molecule has 29 heavy (non-hydrogen) atoms. The van der Waals surface area contributed by atoms with E-state index in [-0.39, 0.29) is 11.8 Å². The van der Waals surface area contributed by atoms with Gasteiger partial charge in [-0.3, -0.25) is 14.5 Å². The van der Waals surface area contributed by atoms with Crippen molar-refractivity contribution >= 4 is 16.8 Å². The number of pyridine rings is 1. The van der Waals surface area contributed by atoms with E-state index < -0.39 is 5.54 Å². The van der Waals surface area contributed by atoms with Gasteiger partial charge in [-0.1, -0.05) is 56.2 Å². The maximum atomic E-state index is 12.9. The van der Waals surface area contributed by atoms with Crippen molar-refractivity contribution in [1.82, 2.24) is 25.1 Å². The van der Waals surface area contributed by atoms with Gasteiger partial charge in [0.1, 0.15) is 18.2 Å². The van der Waals surface area contributed by atoms with E-state index in [0.29, 0.717) is 6.54 Å². The Labute approximate surface area is 170 Å². The molecule has 1 aromatic carbocycles. The summed E-state index contributed by atoms with van der Waals surface area (Å²) in [4.78, 5) is 21.3. The molecule has 3 aromatic rings. The summed E-state index contributed by atoms with van der Waals surface area (Å²) in [6, 6.07) is 10.1. The van der Waals surface area contributed by atoms with E-state index >= 15 is 0 Å². The number of amides is 1. The molecule has 1 fully saturated rings. The van der Waals surface area contributed by atoms with E-state index in [1.54, 1.807) is 17.2 Å². The van der Waals surface area contributed by atoms with Crippen LogP contribution < -0.4 is 5.32 Å². The Morgan fingerprint density at radius 2 is 2.10 bits per heavy atom. The first-order valence-electron chi connectivity index (χ1n) is 10.2. The van der Waals surface area contributed by atoms with Crippen LogP contribution in [0.5, 0.6) is 0 Å². The Bertz CT molecular complexity index is 1040. The van der Waals surface area contributed by atoms with E-state index in [1.165, 1.54) is 12.7 Å². The first kappa shape index (κ1) is 19.1. The fraction of sp³-hybridized carbons (Fsp3) is 0.391. The lowest BCUT2D eigenvalue weighted by molar-refractivity contribution is -0.126. The van der Waals surface area contributed by atoms with Gasteiger partial charge < -0.3 is 5.32 Å². The highest BCUT2D eigenvalue weighted by atomic mass is 16.2. The average Bonchev–Trinajstić information content (AvgIpc) is 3.26. The molecule has 0 spiro atoms. The molecule has 1 unspecified atom stereocenters. The molecular weight excluding hydrogens is 362 g/mol. The van der Waals surface area contributed by atoms with Gasteiger partial charge in [-0.15, -0.1) is 0 Å². The summed E-state index contributed by atoms with van der Waals surface area (Å²) < 4.78 is 1.68. The number of benzene rings is 1. The minimum absolute atomic E-state index is 0.00772. The molecular formula is C23H25N5O. The highest BCUT2D eigenvalue weighted by Crippen LogP contribution is 2.28. The maximum absolute atomic E-state index is 12.9. The number of nitrogens with zero attached hydrogens (tertiary/aromatic N) is 4. The molecule has 0 aliphatic heterocycles. The van der Waals surface area contributed by atoms with Gasteiger partial charge in [0.25, 0.3) is 0 Å². The molecule has 1 saturated carbocycles. The second-order valence-corrected chi connectivity index (χ2v) is 7.82. The number of carbonyl (C=O) groups excluding carboxylic acids is 1. The quantitative estimate of drug-likeness (QED) is 0.697. The minimum Gasteiger partial charge on any atom is -0.339 e. The highest BCUT2D eigenvalue weighted by molar-refractivity contribution is 5.80. The Kier molecular flexibility index (Phi) is 5.57. The first-order valence-corrected chi connectivity index (χ1v) is 10.2. The summed E-state index contributed by atoms with van der Waals surface area (Å²) >= 11 is 0. The van der Waals surface area contributed by atoms with Gasteiger partial charge in [0.15, 0.2) is 0 Å². The van der Waals surface area contributed by atoms with Crippen molar-refractivity contribution in [2.24, 2.45) is 5.92 Å². The zero-order valence-corrected chi connectivity index (χ0v) is 16.6. The molecule has 6 nitrogen and oxygen atoms in total. The topological polar surface area (TPSA) is 72.7 Å². The summed E-state index contributed by atoms with van der Waals surface area (Å²) in [6.45, 7) is 2.41. The molecule has 0 bridgehead atoms. The van der Waals surface area contributed by atoms with Crippen molar-refractivity contribution in [3.05, 3.63) is 54.7 Å².